The number of carboxylic acid groups (broad SMARTS) is 1. The van der Waals surface area contributed by atoms with Gasteiger partial charge in [0.1, 0.15) is 11.2 Å². The summed E-state index contributed by atoms with van der Waals surface area (Å²) in [5, 5.41) is 9.16. The number of ketones is 1. The van der Waals surface area contributed by atoms with Crippen LogP contribution in [0.15, 0.2) is 28.7 Å². The molecule has 1 N–H and O–H groups in total. The van der Waals surface area contributed by atoms with Crippen LogP contribution >= 0.6 is 15.9 Å². The molecule has 78 valence electrons. The normalized spacial score (nSPS) is 18.3. The Labute approximate surface area is 95.2 Å². The third-order valence-electron chi connectivity index (χ3n) is 2.80. The third-order valence-corrected chi connectivity index (χ3v) is 3.33. The molecule has 1 saturated carbocycles. The Morgan fingerprint density at radius 1 is 1.27 bits per heavy atom. The molecular formula is C11H9BrO3. The lowest BCUT2D eigenvalue weighted by atomic mass is 9.64. The van der Waals surface area contributed by atoms with E-state index in [0.717, 1.165) is 4.47 Å². The molecule has 1 aliphatic rings. The van der Waals surface area contributed by atoms with Crippen LogP contribution in [0.25, 0.3) is 0 Å². The number of carboxylic acids is 1. The number of rotatable bonds is 2. The van der Waals surface area contributed by atoms with Crippen LogP contribution < -0.4 is 0 Å². The summed E-state index contributed by atoms with van der Waals surface area (Å²) in [7, 11) is 0. The van der Waals surface area contributed by atoms with Crippen molar-refractivity contribution in [3.63, 3.8) is 0 Å². The molecule has 0 spiro atoms. The average Bonchev–Trinajstić information content (AvgIpc) is 2.13. The lowest BCUT2D eigenvalue weighted by molar-refractivity contribution is -0.153. The van der Waals surface area contributed by atoms with Gasteiger partial charge in [0.15, 0.2) is 0 Å². The number of hydrogen-bond acceptors (Lipinski definition) is 2. The van der Waals surface area contributed by atoms with Crippen molar-refractivity contribution in [3.8, 4) is 0 Å². The molecule has 1 fully saturated rings. The second kappa shape index (κ2) is 3.45. The highest BCUT2D eigenvalue weighted by atomic mass is 79.9. The van der Waals surface area contributed by atoms with Crippen molar-refractivity contribution in [2.24, 2.45) is 0 Å². The maximum atomic E-state index is 11.2. The summed E-state index contributed by atoms with van der Waals surface area (Å²) >= 11 is 3.29. The molecule has 0 unspecified atom stereocenters. The number of benzene rings is 1. The Kier molecular flexibility index (Phi) is 2.38. The largest absolute Gasteiger partial charge is 0.481 e. The highest BCUT2D eigenvalue weighted by molar-refractivity contribution is 9.10. The average molecular weight is 269 g/mol. The summed E-state index contributed by atoms with van der Waals surface area (Å²) in [4.78, 5) is 22.2. The van der Waals surface area contributed by atoms with Crippen LogP contribution in [-0.2, 0) is 15.0 Å². The molecule has 15 heavy (non-hydrogen) atoms. The van der Waals surface area contributed by atoms with Crippen molar-refractivity contribution < 1.29 is 14.7 Å². The molecule has 2 rings (SSSR count). The fraction of sp³-hybridized carbons (Fsp3) is 0.273. The van der Waals surface area contributed by atoms with E-state index in [1.54, 1.807) is 24.3 Å². The molecule has 1 aliphatic carbocycles. The van der Waals surface area contributed by atoms with Crippen LogP contribution in [0, 0.1) is 0 Å². The van der Waals surface area contributed by atoms with E-state index >= 15 is 0 Å². The Hall–Kier alpha value is -1.16. The number of halogens is 1. The lowest BCUT2D eigenvalue weighted by Crippen LogP contribution is -2.48. The van der Waals surface area contributed by atoms with Crippen molar-refractivity contribution in [2.45, 2.75) is 18.3 Å². The molecule has 1 aromatic rings. The molecule has 0 aromatic heterocycles. The molecule has 0 radical (unpaired) electrons. The van der Waals surface area contributed by atoms with E-state index in [-0.39, 0.29) is 18.6 Å². The van der Waals surface area contributed by atoms with Crippen LogP contribution in [0.2, 0.25) is 0 Å². The van der Waals surface area contributed by atoms with Crippen molar-refractivity contribution in [1.29, 1.82) is 0 Å². The van der Waals surface area contributed by atoms with E-state index in [9.17, 15) is 9.59 Å². The van der Waals surface area contributed by atoms with E-state index < -0.39 is 11.4 Å². The fourth-order valence-corrected chi connectivity index (χ4v) is 2.13. The first-order chi connectivity index (χ1) is 7.04. The minimum absolute atomic E-state index is 0.0142. The lowest BCUT2D eigenvalue weighted by Gasteiger charge is -2.36. The smallest absolute Gasteiger partial charge is 0.315 e. The van der Waals surface area contributed by atoms with Crippen molar-refractivity contribution in [2.75, 3.05) is 0 Å². The molecule has 3 nitrogen and oxygen atoms in total. The van der Waals surface area contributed by atoms with Crippen LogP contribution in [0.3, 0.4) is 0 Å². The van der Waals surface area contributed by atoms with Gasteiger partial charge in [-0.15, -0.1) is 0 Å². The van der Waals surface area contributed by atoms with Gasteiger partial charge in [-0.05, 0) is 17.7 Å². The van der Waals surface area contributed by atoms with Crippen LogP contribution in [0.4, 0.5) is 0 Å². The predicted octanol–water partition coefficient (Wildman–Crippen LogP) is 2.13. The van der Waals surface area contributed by atoms with Gasteiger partial charge in [0, 0.05) is 17.3 Å². The second-order valence-electron chi connectivity index (χ2n) is 3.79. The van der Waals surface area contributed by atoms with Gasteiger partial charge in [0.2, 0.25) is 0 Å². The molecule has 0 heterocycles. The number of Topliss-reactive ketones (excluding diaryl/α,β-unsaturated/α-hetero) is 1. The number of carbonyl (C=O) groups is 2. The van der Waals surface area contributed by atoms with Crippen LogP contribution in [0.1, 0.15) is 18.4 Å². The van der Waals surface area contributed by atoms with Crippen molar-refractivity contribution in [1.82, 2.24) is 0 Å². The van der Waals surface area contributed by atoms with Gasteiger partial charge < -0.3 is 5.11 Å². The van der Waals surface area contributed by atoms with Gasteiger partial charge in [-0.1, -0.05) is 28.1 Å². The summed E-state index contributed by atoms with van der Waals surface area (Å²) < 4.78 is 0.900. The molecule has 0 bridgehead atoms. The van der Waals surface area contributed by atoms with E-state index in [4.69, 9.17) is 5.11 Å². The van der Waals surface area contributed by atoms with Crippen LogP contribution in [-0.4, -0.2) is 16.9 Å². The monoisotopic (exact) mass is 268 g/mol. The molecule has 0 amide bonds. The van der Waals surface area contributed by atoms with E-state index in [2.05, 4.69) is 15.9 Å². The first kappa shape index (κ1) is 10.4. The van der Waals surface area contributed by atoms with E-state index in [1.807, 2.05) is 0 Å². The fourth-order valence-electron chi connectivity index (χ4n) is 1.87. The Morgan fingerprint density at radius 2 is 1.80 bits per heavy atom. The Morgan fingerprint density at radius 3 is 2.20 bits per heavy atom. The highest BCUT2D eigenvalue weighted by Gasteiger charge is 2.51. The molecule has 4 heteroatoms. The number of carbonyl (C=O) groups excluding carboxylic acids is 1. The maximum Gasteiger partial charge on any atom is 0.315 e. The number of aliphatic carboxylic acids is 1. The SMILES string of the molecule is O=C1CC(C(=O)O)(c2ccc(Br)cc2)C1. The third kappa shape index (κ3) is 1.59. The van der Waals surface area contributed by atoms with Crippen LogP contribution in [0.5, 0.6) is 0 Å². The zero-order valence-corrected chi connectivity index (χ0v) is 9.45. The Balaban J connectivity index is 2.38. The van der Waals surface area contributed by atoms with Gasteiger partial charge in [0.05, 0.1) is 0 Å². The summed E-state index contributed by atoms with van der Waals surface area (Å²) in [6, 6.07) is 7.10. The summed E-state index contributed by atoms with van der Waals surface area (Å²) in [6.07, 6.45) is 0.230. The van der Waals surface area contributed by atoms with Gasteiger partial charge in [-0.2, -0.15) is 0 Å². The van der Waals surface area contributed by atoms with Crippen molar-refractivity contribution in [3.05, 3.63) is 34.3 Å². The minimum atomic E-state index is -0.974. The molecule has 0 atom stereocenters. The Bertz CT molecular complexity index is 414. The minimum Gasteiger partial charge on any atom is -0.481 e. The topological polar surface area (TPSA) is 54.4 Å². The zero-order valence-electron chi connectivity index (χ0n) is 7.87. The summed E-state index contributed by atoms with van der Waals surface area (Å²) in [5.41, 5.74) is -0.268. The highest BCUT2D eigenvalue weighted by Crippen LogP contribution is 2.41. The first-order valence-electron chi connectivity index (χ1n) is 4.56. The quantitative estimate of drug-likeness (QED) is 0.894. The van der Waals surface area contributed by atoms with Gasteiger partial charge >= 0.3 is 5.97 Å². The predicted molar refractivity (Wildman–Crippen MR) is 57.7 cm³/mol. The van der Waals surface area contributed by atoms with Gasteiger partial charge in [-0.25, -0.2) is 0 Å². The first-order valence-corrected chi connectivity index (χ1v) is 5.35. The van der Waals surface area contributed by atoms with Gasteiger partial charge in [-0.3, -0.25) is 9.59 Å². The number of hydrogen-bond donors (Lipinski definition) is 1. The molecule has 1 aromatic carbocycles. The second-order valence-corrected chi connectivity index (χ2v) is 4.70. The standard InChI is InChI=1S/C11H9BrO3/c12-8-3-1-7(2-4-8)11(10(14)15)5-9(13)6-11/h1-4H,5-6H2,(H,14,15). The van der Waals surface area contributed by atoms with Gasteiger partial charge in [0.25, 0.3) is 0 Å². The molecule has 0 saturated heterocycles. The zero-order chi connectivity index (χ0) is 11.1. The maximum absolute atomic E-state index is 11.2. The van der Waals surface area contributed by atoms with E-state index in [1.165, 1.54) is 0 Å². The molecular weight excluding hydrogens is 260 g/mol. The molecule has 0 aliphatic heterocycles. The van der Waals surface area contributed by atoms with Crippen molar-refractivity contribution >= 4 is 27.7 Å². The van der Waals surface area contributed by atoms with E-state index in [0.29, 0.717) is 5.56 Å². The summed E-state index contributed by atoms with van der Waals surface area (Å²) in [6.45, 7) is 0. The summed E-state index contributed by atoms with van der Waals surface area (Å²) in [5.74, 6) is -0.898.